The molecule has 0 bridgehead atoms. The smallest absolute Gasteiger partial charge is 0.244 e. The number of sulfonamides is 1. The summed E-state index contributed by atoms with van der Waals surface area (Å²) in [5.41, 5.74) is 7.85. The molecule has 6 nitrogen and oxygen atoms in total. The molecule has 0 aliphatic heterocycles. The number of thiazole rings is 1. The van der Waals surface area contributed by atoms with Crippen LogP contribution in [0.25, 0.3) is 0 Å². The highest BCUT2D eigenvalue weighted by molar-refractivity contribution is 9.10. The third-order valence-electron chi connectivity index (χ3n) is 2.06. The highest BCUT2D eigenvalue weighted by Crippen LogP contribution is 2.20. The van der Waals surface area contributed by atoms with Crippen LogP contribution in [-0.4, -0.2) is 18.4 Å². The number of halogens is 1. The maximum Gasteiger partial charge on any atom is 0.244 e. The van der Waals surface area contributed by atoms with Crippen molar-refractivity contribution in [2.45, 2.75) is 11.4 Å². The van der Waals surface area contributed by atoms with Crippen molar-refractivity contribution in [3.63, 3.8) is 0 Å². The number of nitrogens with two attached hydrogens (primary N) is 1. The molecule has 0 saturated heterocycles. The van der Waals surface area contributed by atoms with E-state index < -0.39 is 10.0 Å². The van der Waals surface area contributed by atoms with Gasteiger partial charge in [-0.3, -0.25) is 0 Å². The van der Waals surface area contributed by atoms with Crippen molar-refractivity contribution >= 4 is 43.1 Å². The Morgan fingerprint density at radius 3 is 2.89 bits per heavy atom. The Bertz CT molecular complexity index is 643. The van der Waals surface area contributed by atoms with E-state index in [1.54, 1.807) is 10.9 Å². The molecular formula is C9H9BrN4O2S2. The molecule has 0 fully saturated rings. The number of hydrogen-bond donors (Lipinski definition) is 2. The Morgan fingerprint density at radius 2 is 2.22 bits per heavy atom. The third-order valence-corrected chi connectivity index (χ3v) is 4.56. The summed E-state index contributed by atoms with van der Waals surface area (Å²) in [5, 5.41) is 1.77. The minimum absolute atomic E-state index is 0.0380. The number of nitrogens with zero attached hydrogens (tertiary/aromatic N) is 2. The predicted molar refractivity (Wildman–Crippen MR) is 72.5 cm³/mol. The van der Waals surface area contributed by atoms with E-state index in [4.69, 9.17) is 5.73 Å². The lowest BCUT2D eigenvalue weighted by Crippen LogP contribution is -2.24. The molecule has 0 radical (unpaired) electrons. The number of nitrogens with one attached hydrogen (secondary N) is 1. The zero-order valence-electron chi connectivity index (χ0n) is 9.00. The van der Waals surface area contributed by atoms with Gasteiger partial charge in [0.15, 0.2) is 0 Å². The molecule has 0 aliphatic rings. The van der Waals surface area contributed by atoms with Crippen molar-refractivity contribution < 1.29 is 8.42 Å². The topological polar surface area (TPSA) is 98.0 Å². The number of pyridine rings is 1. The number of hydrogen-bond acceptors (Lipinski definition) is 6. The fourth-order valence-corrected chi connectivity index (χ4v) is 3.36. The van der Waals surface area contributed by atoms with E-state index in [-0.39, 0.29) is 17.3 Å². The number of nitrogen functional groups attached to an aromatic ring is 1. The second kappa shape index (κ2) is 5.31. The fraction of sp³-hybridized carbons (Fsp3) is 0.111. The Labute approximate surface area is 116 Å². The Kier molecular flexibility index (Phi) is 3.95. The average Bonchev–Trinajstić information content (AvgIpc) is 2.83. The van der Waals surface area contributed by atoms with Gasteiger partial charge in [-0.1, -0.05) is 0 Å². The number of anilines is 1. The molecule has 0 aromatic carbocycles. The molecular weight excluding hydrogens is 340 g/mol. The van der Waals surface area contributed by atoms with Crippen molar-refractivity contribution in [2.75, 3.05) is 5.73 Å². The lowest BCUT2D eigenvalue weighted by Gasteiger charge is -2.07. The largest absolute Gasteiger partial charge is 0.383 e. The molecule has 0 saturated carbocycles. The summed E-state index contributed by atoms with van der Waals surface area (Å²) in [7, 11) is -3.69. The fourth-order valence-electron chi connectivity index (χ4n) is 1.22. The van der Waals surface area contributed by atoms with Gasteiger partial charge in [-0.25, -0.2) is 23.1 Å². The van der Waals surface area contributed by atoms with E-state index in [1.807, 2.05) is 0 Å². The van der Waals surface area contributed by atoms with Gasteiger partial charge in [0, 0.05) is 16.0 Å². The van der Waals surface area contributed by atoms with E-state index in [0.717, 1.165) is 0 Å². The maximum atomic E-state index is 12.0. The first-order valence-electron chi connectivity index (χ1n) is 4.77. The molecule has 3 N–H and O–H groups in total. The van der Waals surface area contributed by atoms with Gasteiger partial charge in [0.1, 0.15) is 10.7 Å². The summed E-state index contributed by atoms with van der Waals surface area (Å²) in [6, 6.07) is 1.41. The third kappa shape index (κ3) is 3.05. The van der Waals surface area contributed by atoms with Crippen LogP contribution < -0.4 is 10.5 Å². The molecule has 0 spiro atoms. The maximum absolute atomic E-state index is 12.0. The first kappa shape index (κ1) is 13.4. The average molecular weight is 349 g/mol. The van der Waals surface area contributed by atoms with Gasteiger partial charge in [-0.05, 0) is 22.0 Å². The first-order chi connectivity index (χ1) is 8.49. The van der Waals surface area contributed by atoms with E-state index in [1.165, 1.54) is 23.6 Å². The molecule has 0 unspecified atom stereocenters. The van der Waals surface area contributed by atoms with Crippen LogP contribution in [0.3, 0.4) is 0 Å². The molecule has 18 heavy (non-hydrogen) atoms. The van der Waals surface area contributed by atoms with Crippen molar-refractivity contribution in [3.8, 4) is 0 Å². The summed E-state index contributed by atoms with van der Waals surface area (Å²) in [6.07, 6.45) is 1.44. The van der Waals surface area contributed by atoms with Gasteiger partial charge in [-0.2, -0.15) is 0 Å². The summed E-state index contributed by atoms with van der Waals surface area (Å²) < 4.78 is 27.0. The zero-order chi connectivity index (χ0) is 13.2. The first-order valence-corrected chi connectivity index (χ1v) is 7.99. The summed E-state index contributed by atoms with van der Waals surface area (Å²) >= 11 is 4.56. The number of aromatic nitrogens is 2. The van der Waals surface area contributed by atoms with Crippen LogP contribution >= 0.6 is 27.3 Å². The molecule has 2 heterocycles. The van der Waals surface area contributed by atoms with Crippen molar-refractivity contribution in [3.05, 3.63) is 33.3 Å². The van der Waals surface area contributed by atoms with Gasteiger partial charge < -0.3 is 5.73 Å². The Morgan fingerprint density at radius 1 is 1.44 bits per heavy atom. The lowest BCUT2D eigenvalue weighted by molar-refractivity contribution is 0.580. The van der Waals surface area contributed by atoms with Crippen LogP contribution in [0, 0.1) is 0 Å². The minimum atomic E-state index is -3.69. The lowest BCUT2D eigenvalue weighted by atomic mass is 10.5. The Hall–Kier alpha value is -1.03. The van der Waals surface area contributed by atoms with Crippen LogP contribution in [0.2, 0.25) is 0 Å². The SMILES string of the molecule is Nc1ncc(Br)cc1S(=O)(=O)NCc1cscn1. The van der Waals surface area contributed by atoms with Crippen LogP contribution in [-0.2, 0) is 16.6 Å². The van der Waals surface area contributed by atoms with Crippen molar-refractivity contribution in [2.24, 2.45) is 0 Å². The van der Waals surface area contributed by atoms with Crippen LogP contribution in [0.15, 0.2) is 32.5 Å². The molecule has 0 aliphatic carbocycles. The van der Waals surface area contributed by atoms with Gasteiger partial charge in [0.05, 0.1) is 17.7 Å². The molecule has 96 valence electrons. The van der Waals surface area contributed by atoms with Gasteiger partial charge in [0.2, 0.25) is 10.0 Å². The molecule has 2 aromatic heterocycles. The predicted octanol–water partition coefficient (Wildman–Crippen LogP) is 1.36. The second-order valence-corrected chi connectivity index (χ2v) is 6.71. The van der Waals surface area contributed by atoms with Gasteiger partial charge in [-0.15, -0.1) is 11.3 Å². The Balaban J connectivity index is 2.22. The highest BCUT2D eigenvalue weighted by atomic mass is 79.9. The molecule has 0 amide bonds. The van der Waals surface area contributed by atoms with E-state index in [0.29, 0.717) is 10.2 Å². The van der Waals surface area contributed by atoms with Gasteiger partial charge >= 0.3 is 0 Å². The standard InChI is InChI=1S/C9H9BrN4O2S2/c10-6-1-8(9(11)12-2-6)18(15,16)14-3-7-4-17-5-13-7/h1-2,4-5,14H,3H2,(H2,11,12). The highest BCUT2D eigenvalue weighted by Gasteiger charge is 2.18. The van der Waals surface area contributed by atoms with E-state index in [2.05, 4.69) is 30.6 Å². The number of rotatable bonds is 4. The van der Waals surface area contributed by atoms with Crippen molar-refractivity contribution in [1.82, 2.24) is 14.7 Å². The zero-order valence-corrected chi connectivity index (χ0v) is 12.2. The van der Waals surface area contributed by atoms with E-state index in [9.17, 15) is 8.42 Å². The summed E-state index contributed by atoms with van der Waals surface area (Å²) in [6.45, 7) is 0.123. The second-order valence-electron chi connectivity index (χ2n) is 3.34. The molecule has 2 aromatic rings. The normalized spacial score (nSPS) is 11.6. The van der Waals surface area contributed by atoms with E-state index >= 15 is 0 Å². The quantitative estimate of drug-likeness (QED) is 0.869. The monoisotopic (exact) mass is 348 g/mol. The summed E-state index contributed by atoms with van der Waals surface area (Å²) in [5.74, 6) is -0.0380. The molecule has 0 atom stereocenters. The molecule has 2 rings (SSSR count). The van der Waals surface area contributed by atoms with Crippen LogP contribution in [0.4, 0.5) is 5.82 Å². The summed E-state index contributed by atoms with van der Waals surface area (Å²) in [4.78, 5) is 7.73. The van der Waals surface area contributed by atoms with Gasteiger partial charge in [0.25, 0.3) is 0 Å². The van der Waals surface area contributed by atoms with Crippen molar-refractivity contribution in [1.29, 1.82) is 0 Å². The van der Waals surface area contributed by atoms with Crippen LogP contribution in [0.1, 0.15) is 5.69 Å². The minimum Gasteiger partial charge on any atom is -0.383 e. The van der Waals surface area contributed by atoms with Crippen LogP contribution in [0.5, 0.6) is 0 Å². The molecule has 9 heteroatoms.